The lowest BCUT2D eigenvalue weighted by atomic mass is 9.61. The van der Waals surface area contributed by atoms with Gasteiger partial charge < -0.3 is 20.5 Å². The molecule has 1 aliphatic carbocycles. The van der Waals surface area contributed by atoms with Gasteiger partial charge in [0.15, 0.2) is 0 Å². The number of aryl methyl sites for hydroxylation is 2. The first-order valence-electron chi connectivity index (χ1n) is 15.7. The Bertz CT molecular complexity index is 1790. The summed E-state index contributed by atoms with van der Waals surface area (Å²) in [6.45, 7) is 5.59. The Hall–Kier alpha value is -4.17. The molecule has 1 saturated carbocycles. The number of hydrogen-bond acceptors (Lipinski definition) is 5. The van der Waals surface area contributed by atoms with Gasteiger partial charge in [0, 0.05) is 39.3 Å². The van der Waals surface area contributed by atoms with E-state index in [1.807, 2.05) is 50.2 Å². The minimum atomic E-state index is -1.75. The van der Waals surface area contributed by atoms with Gasteiger partial charge in [0.05, 0.1) is 11.5 Å². The highest BCUT2D eigenvalue weighted by Crippen LogP contribution is 2.47. The summed E-state index contributed by atoms with van der Waals surface area (Å²) in [6.07, 6.45) is 0.986. The van der Waals surface area contributed by atoms with Crippen LogP contribution in [0.25, 0.3) is 0 Å². The molecule has 2 amide bonds. The molecule has 1 fully saturated rings. The van der Waals surface area contributed by atoms with Gasteiger partial charge in [-0.15, -0.1) is 0 Å². The second-order valence-corrected chi connectivity index (χ2v) is 12.9. The molecule has 0 radical (unpaired) electrons. The molecule has 0 saturated heterocycles. The summed E-state index contributed by atoms with van der Waals surface area (Å²) in [5, 5.41) is 18.7. The van der Waals surface area contributed by atoms with Crippen molar-refractivity contribution >= 4 is 52.2 Å². The molecule has 0 heterocycles. The van der Waals surface area contributed by atoms with Crippen LogP contribution in [0, 0.1) is 11.8 Å². The molecule has 4 aromatic rings. The molecule has 0 aromatic heterocycles. The molecule has 244 valence electrons. The maximum atomic E-state index is 14.3. The summed E-state index contributed by atoms with van der Waals surface area (Å²) >= 11 is 12.4. The van der Waals surface area contributed by atoms with Gasteiger partial charge in [0.25, 0.3) is 0 Å². The van der Waals surface area contributed by atoms with E-state index in [2.05, 4.69) is 10.6 Å². The maximum absolute atomic E-state index is 14.3. The number of rotatable bonds is 10. The van der Waals surface area contributed by atoms with E-state index >= 15 is 0 Å². The highest BCUT2D eigenvalue weighted by molar-refractivity contribution is 6.35. The minimum Gasteiger partial charge on any atom is -0.489 e. The molecule has 5 rings (SSSR count). The first-order valence-corrected chi connectivity index (χ1v) is 16.5. The van der Waals surface area contributed by atoms with E-state index < -0.39 is 41.0 Å². The number of anilines is 2. The lowest BCUT2D eigenvalue weighted by molar-refractivity contribution is -0.150. The summed E-state index contributed by atoms with van der Waals surface area (Å²) in [7, 11) is 0. The summed E-state index contributed by atoms with van der Waals surface area (Å²) in [5.41, 5.74) is 2.51. The number of amides is 2. The molecule has 0 aliphatic heterocycles. The van der Waals surface area contributed by atoms with Gasteiger partial charge in [-0.2, -0.15) is 0 Å². The lowest BCUT2D eigenvalue weighted by Crippen LogP contribution is -2.56. The molecule has 9 heteroatoms. The van der Waals surface area contributed by atoms with Crippen molar-refractivity contribution in [1.29, 1.82) is 0 Å². The molecule has 47 heavy (non-hydrogen) atoms. The van der Waals surface area contributed by atoms with Gasteiger partial charge in [-0.3, -0.25) is 14.4 Å². The van der Waals surface area contributed by atoms with Crippen LogP contribution in [0.2, 0.25) is 10.0 Å². The Morgan fingerprint density at radius 2 is 1.45 bits per heavy atom. The first-order chi connectivity index (χ1) is 22.5. The Balaban J connectivity index is 1.56. The standard InChI is InChI=1S/C38H38Cl2N2O5/c1-4-23-11-6-8-15-30(23)41-36(44)34-32(43)21-38(3,46)35(37(45)42-31-16-9-7-12-24(31)5-2)33(34)25-13-10-14-28(19-25)47-22-26-17-18-27(39)20-29(26)40/h6-20,33-35,46H,4-5,21-22H2,1-3H3,(H,41,44)(H,42,45). The molecule has 3 N–H and O–H groups in total. The zero-order valence-corrected chi connectivity index (χ0v) is 28.1. The van der Waals surface area contributed by atoms with Gasteiger partial charge in [-0.1, -0.05) is 91.6 Å². The van der Waals surface area contributed by atoms with Crippen molar-refractivity contribution in [3.63, 3.8) is 0 Å². The van der Waals surface area contributed by atoms with Gasteiger partial charge in [-0.05, 0) is 72.9 Å². The van der Waals surface area contributed by atoms with E-state index in [0.29, 0.717) is 45.6 Å². The van der Waals surface area contributed by atoms with Crippen LogP contribution >= 0.6 is 23.2 Å². The van der Waals surface area contributed by atoms with Gasteiger partial charge >= 0.3 is 0 Å². The van der Waals surface area contributed by atoms with E-state index in [1.165, 1.54) is 6.92 Å². The highest BCUT2D eigenvalue weighted by atomic mass is 35.5. The number of Topliss-reactive ketones (excluding diaryl/α,β-unsaturated/α-hetero) is 1. The first kappa shape index (κ1) is 34.2. The summed E-state index contributed by atoms with van der Waals surface area (Å²) in [4.78, 5) is 42.2. The van der Waals surface area contributed by atoms with Crippen molar-refractivity contribution in [2.75, 3.05) is 10.6 Å². The van der Waals surface area contributed by atoms with E-state index in [4.69, 9.17) is 27.9 Å². The number of carbonyl (C=O) groups excluding carboxylic acids is 3. The Kier molecular flexibility index (Phi) is 10.7. The van der Waals surface area contributed by atoms with Crippen LogP contribution < -0.4 is 15.4 Å². The van der Waals surface area contributed by atoms with Crippen LogP contribution in [0.4, 0.5) is 11.4 Å². The van der Waals surface area contributed by atoms with Crippen LogP contribution in [0.5, 0.6) is 5.75 Å². The highest BCUT2D eigenvalue weighted by Gasteiger charge is 2.56. The number of benzene rings is 4. The number of nitrogens with one attached hydrogen (secondary N) is 2. The minimum absolute atomic E-state index is 0.135. The molecular formula is C38H38Cl2N2O5. The Morgan fingerprint density at radius 3 is 2.06 bits per heavy atom. The summed E-state index contributed by atoms with van der Waals surface area (Å²) in [6, 6.07) is 26.9. The monoisotopic (exact) mass is 672 g/mol. The van der Waals surface area contributed by atoms with Gasteiger partial charge in [0.2, 0.25) is 11.8 Å². The van der Waals surface area contributed by atoms with Gasteiger partial charge in [0.1, 0.15) is 24.1 Å². The van der Waals surface area contributed by atoms with Crippen molar-refractivity contribution in [2.45, 2.75) is 58.2 Å². The second kappa shape index (κ2) is 14.7. The molecule has 7 nitrogen and oxygen atoms in total. The Labute approximate surface area is 285 Å². The number of ether oxygens (including phenoxy) is 1. The molecule has 0 bridgehead atoms. The number of carbonyl (C=O) groups is 3. The van der Waals surface area contributed by atoms with Crippen molar-refractivity contribution in [3.05, 3.63) is 123 Å². The molecular weight excluding hydrogens is 635 g/mol. The fourth-order valence-electron chi connectivity index (χ4n) is 6.43. The van der Waals surface area contributed by atoms with Crippen molar-refractivity contribution in [3.8, 4) is 5.75 Å². The van der Waals surface area contributed by atoms with Crippen molar-refractivity contribution < 1.29 is 24.2 Å². The third-order valence-electron chi connectivity index (χ3n) is 8.80. The predicted molar refractivity (Wildman–Crippen MR) is 186 cm³/mol. The van der Waals surface area contributed by atoms with E-state index in [0.717, 1.165) is 16.7 Å². The fraction of sp³-hybridized carbons (Fsp3) is 0.289. The fourth-order valence-corrected chi connectivity index (χ4v) is 6.89. The molecule has 4 unspecified atom stereocenters. The van der Waals surface area contributed by atoms with Crippen molar-refractivity contribution in [2.24, 2.45) is 11.8 Å². The van der Waals surface area contributed by atoms with E-state index in [1.54, 1.807) is 54.6 Å². The predicted octanol–water partition coefficient (Wildman–Crippen LogP) is 8.01. The third-order valence-corrected chi connectivity index (χ3v) is 9.38. The quantitative estimate of drug-likeness (QED) is 0.148. The number of para-hydroxylation sites is 2. The Morgan fingerprint density at radius 1 is 0.830 bits per heavy atom. The average molecular weight is 674 g/mol. The number of ketones is 1. The van der Waals surface area contributed by atoms with Crippen LogP contribution in [0.15, 0.2) is 91.0 Å². The molecule has 4 atom stereocenters. The SMILES string of the molecule is CCc1ccccc1NC(=O)C1C(=O)CC(C)(O)C(C(=O)Nc2ccccc2CC)C1c1cccc(OCc2ccc(Cl)cc2Cl)c1. The zero-order valence-electron chi connectivity index (χ0n) is 26.6. The molecule has 0 spiro atoms. The summed E-state index contributed by atoms with van der Waals surface area (Å²) < 4.78 is 6.09. The average Bonchev–Trinajstić information content (AvgIpc) is 3.04. The maximum Gasteiger partial charge on any atom is 0.235 e. The molecule has 4 aromatic carbocycles. The molecule has 1 aliphatic rings. The van der Waals surface area contributed by atoms with Crippen LogP contribution in [0.1, 0.15) is 55.4 Å². The van der Waals surface area contributed by atoms with E-state index in [-0.39, 0.29) is 13.0 Å². The smallest absolute Gasteiger partial charge is 0.235 e. The van der Waals surface area contributed by atoms with E-state index in [9.17, 15) is 19.5 Å². The van der Waals surface area contributed by atoms with Crippen LogP contribution in [-0.4, -0.2) is 28.3 Å². The van der Waals surface area contributed by atoms with Crippen molar-refractivity contribution in [1.82, 2.24) is 0 Å². The summed E-state index contributed by atoms with van der Waals surface area (Å²) in [5.74, 6) is -4.49. The largest absolute Gasteiger partial charge is 0.489 e. The van der Waals surface area contributed by atoms with Gasteiger partial charge in [-0.25, -0.2) is 0 Å². The number of halogens is 2. The normalized spacial score (nSPS) is 20.8. The topological polar surface area (TPSA) is 105 Å². The van der Waals surface area contributed by atoms with Crippen LogP contribution in [-0.2, 0) is 33.8 Å². The third kappa shape index (κ3) is 7.70. The lowest BCUT2D eigenvalue weighted by Gasteiger charge is -2.44. The number of hydrogen-bond donors (Lipinski definition) is 3. The zero-order chi connectivity index (χ0) is 33.7. The van der Waals surface area contributed by atoms with Crippen LogP contribution in [0.3, 0.4) is 0 Å². The second-order valence-electron chi connectivity index (χ2n) is 12.1. The number of aliphatic hydroxyl groups is 1.